The Morgan fingerprint density at radius 1 is 0.903 bits per heavy atom. The summed E-state index contributed by atoms with van der Waals surface area (Å²) in [5, 5.41) is 8.97. The molecule has 7 rings (SSSR count). The zero-order valence-corrected chi connectivity index (χ0v) is 17.9. The fraction of sp³-hybridized carbons (Fsp3) is 0.462. The first-order valence-corrected chi connectivity index (χ1v) is 11.4. The van der Waals surface area contributed by atoms with Crippen LogP contribution < -0.4 is 9.47 Å². The third-order valence-electron chi connectivity index (χ3n) is 7.56. The highest BCUT2D eigenvalue weighted by atomic mass is 16.5. The molecule has 3 aromatic rings. The van der Waals surface area contributed by atoms with E-state index in [1.807, 2.05) is 36.4 Å². The van der Waals surface area contributed by atoms with Gasteiger partial charge >= 0.3 is 0 Å². The van der Waals surface area contributed by atoms with Crippen LogP contribution in [0.25, 0.3) is 11.5 Å². The van der Waals surface area contributed by atoms with E-state index in [2.05, 4.69) is 22.3 Å². The van der Waals surface area contributed by atoms with Gasteiger partial charge in [-0.25, -0.2) is 0 Å². The minimum absolute atomic E-state index is 0.143. The molecule has 31 heavy (non-hydrogen) atoms. The van der Waals surface area contributed by atoms with Gasteiger partial charge in [-0.2, -0.15) is 0 Å². The maximum Gasteiger partial charge on any atom is 0.247 e. The number of hydrogen-bond donors (Lipinski definition) is 0. The van der Waals surface area contributed by atoms with Crippen LogP contribution in [0.3, 0.4) is 0 Å². The summed E-state index contributed by atoms with van der Waals surface area (Å²) in [6, 6.07) is 15.9. The van der Waals surface area contributed by atoms with Gasteiger partial charge in [0, 0.05) is 17.0 Å². The number of rotatable bonds is 6. The van der Waals surface area contributed by atoms with Gasteiger partial charge in [-0.15, -0.1) is 10.2 Å². The van der Waals surface area contributed by atoms with Crippen molar-refractivity contribution in [3.05, 3.63) is 60.0 Å². The van der Waals surface area contributed by atoms with Gasteiger partial charge in [0.05, 0.1) is 7.11 Å². The molecule has 160 valence electrons. The van der Waals surface area contributed by atoms with Crippen LogP contribution in [-0.2, 0) is 12.0 Å². The summed E-state index contributed by atoms with van der Waals surface area (Å²) in [5.74, 6) is 5.69. The van der Waals surface area contributed by atoms with Crippen LogP contribution in [0.1, 0.15) is 50.0 Å². The lowest BCUT2D eigenvalue weighted by atomic mass is 9.49. The fourth-order valence-electron chi connectivity index (χ4n) is 6.53. The monoisotopic (exact) mass is 416 g/mol. The minimum Gasteiger partial charge on any atom is -0.497 e. The molecule has 5 heteroatoms. The Balaban J connectivity index is 1.15. The topological polar surface area (TPSA) is 57.4 Å². The van der Waals surface area contributed by atoms with Crippen LogP contribution in [0.4, 0.5) is 0 Å². The van der Waals surface area contributed by atoms with Gasteiger partial charge in [-0.1, -0.05) is 18.2 Å². The lowest BCUT2D eigenvalue weighted by Gasteiger charge is -2.55. The van der Waals surface area contributed by atoms with Crippen molar-refractivity contribution in [1.29, 1.82) is 0 Å². The molecule has 0 unspecified atom stereocenters. The van der Waals surface area contributed by atoms with E-state index in [9.17, 15) is 0 Å². The van der Waals surface area contributed by atoms with Gasteiger partial charge in [0.2, 0.25) is 11.8 Å². The van der Waals surface area contributed by atoms with Crippen LogP contribution in [0.2, 0.25) is 0 Å². The van der Waals surface area contributed by atoms with Crippen molar-refractivity contribution in [3.8, 4) is 23.0 Å². The van der Waals surface area contributed by atoms with Gasteiger partial charge in [-0.05, 0) is 86.1 Å². The first kappa shape index (κ1) is 18.9. The van der Waals surface area contributed by atoms with Gasteiger partial charge < -0.3 is 13.9 Å². The molecule has 1 aromatic heterocycles. The van der Waals surface area contributed by atoms with Crippen molar-refractivity contribution < 1.29 is 13.9 Å². The molecule has 4 fully saturated rings. The summed E-state index contributed by atoms with van der Waals surface area (Å²) < 4.78 is 17.4. The Bertz CT molecular complexity index is 1040. The molecular formula is C26H28N2O3. The molecule has 0 amide bonds. The average Bonchev–Trinajstić information content (AvgIpc) is 3.29. The molecule has 0 spiro atoms. The fourth-order valence-corrected chi connectivity index (χ4v) is 6.53. The van der Waals surface area contributed by atoms with Gasteiger partial charge in [0.15, 0.2) is 0 Å². The van der Waals surface area contributed by atoms with Gasteiger partial charge in [0.25, 0.3) is 0 Å². The Labute approximate surface area is 182 Å². The Hall–Kier alpha value is -2.82. The van der Waals surface area contributed by atoms with Crippen LogP contribution in [0, 0.1) is 17.8 Å². The van der Waals surface area contributed by atoms with Gasteiger partial charge in [0.1, 0.15) is 18.1 Å². The molecule has 4 bridgehead atoms. The molecule has 0 saturated heterocycles. The quantitative estimate of drug-likeness (QED) is 0.509. The van der Waals surface area contributed by atoms with Gasteiger partial charge in [-0.3, -0.25) is 0 Å². The summed E-state index contributed by atoms with van der Waals surface area (Å²) in [6.45, 7) is 0.496. The SMILES string of the molecule is COc1cccc(OCc2ccc(-c3nnc(C45CC6CC(CC(C6)C4)C5)o3)cc2)c1. The largest absolute Gasteiger partial charge is 0.497 e. The van der Waals surface area contributed by atoms with Crippen LogP contribution in [0.15, 0.2) is 52.9 Å². The smallest absolute Gasteiger partial charge is 0.247 e. The molecular weight excluding hydrogens is 388 g/mol. The maximum atomic E-state index is 6.28. The molecule has 0 radical (unpaired) electrons. The predicted molar refractivity (Wildman–Crippen MR) is 117 cm³/mol. The van der Waals surface area contributed by atoms with Crippen molar-refractivity contribution in [1.82, 2.24) is 10.2 Å². The average molecular weight is 417 g/mol. The van der Waals surface area contributed by atoms with Crippen molar-refractivity contribution in [3.63, 3.8) is 0 Å². The standard InChI is InChI=1S/C26H28N2O3/c1-29-22-3-2-4-23(12-22)30-16-17-5-7-21(8-6-17)24-27-28-25(31-24)26-13-18-9-19(14-26)11-20(10-18)15-26/h2-8,12,18-20H,9-11,13-16H2,1H3. The molecule has 0 aliphatic heterocycles. The third-order valence-corrected chi connectivity index (χ3v) is 7.56. The lowest BCUT2D eigenvalue weighted by molar-refractivity contribution is -0.0176. The number of hydrogen-bond acceptors (Lipinski definition) is 5. The minimum atomic E-state index is 0.143. The van der Waals surface area contributed by atoms with E-state index in [4.69, 9.17) is 13.9 Å². The zero-order valence-electron chi connectivity index (χ0n) is 17.9. The second-order valence-electron chi connectivity index (χ2n) is 9.77. The lowest BCUT2D eigenvalue weighted by Crippen LogP contribution is -2.48. The Morgan fingerprint density at radius 3 is 2.26 bits per heavy atom. The third kappa shape index (κ3) is 3.50. The van der Waals surface area contributed by atoms with Crippen LogP contribution in [-0.4, -0.2) is 17.3 Å². The summed E-state index contributed by atoms with van der Waals surface area (Å²) >= 11 is 0. The maximum absolute atomic E-state index is 6.28. The molecule has 1 heterocycles. The molecule has 0 N–H and O–H groups in total. The molecule has 4 aliphatic rings. The molecule has 2 aromatic carbocycles. The summed E-state index contributed by atoms with van der Waals surface area (Å²) in [6.07, 6.45) is 7.96. The zero-order chi connectivity index (χ0) is 20.8. The van der Waals surface area contributed by atoms with E-state index in [-0.39, 0.29) is 5.41 Å². The first-order valence-electron chi connectivity index (χ1n) is 11.4. The van der Waals surface area contributed by atoms with E-state index in [0.29, 0.717) is 12.5 Å². The summed E-state index contributed by atoms with van der Waals surface area (Å²) in [4.78, 5) is 0. The highest BCUT2D eigenvalue weighted by molar-refractivity contribution is 5.53. The van der Waals surface area contributed by atoms with E-state index in [1.54, 1.807) is 7.11 Å². The highest BCUT2D eigenvalue weighted by Crippen LogP contribution is 2.60. The predicted octanol–water partition coefficient (Wildman–Crippen LogP) is 5.79. The van der Waals surface area contributed by atoms with Crippen molar-refractivity contribution in [2.24, 2.45) is 17.8 Å². The summed E-state index contributed by atoms with van der Waals surface area (Å²) in [5.41, 5.74) is 2.20. The highest BCUT2D eigenvalue weighted by Gasteiger charge is 2.54. The van der Waals surface area contributed by atoms with Crippen molar-refractivity contribution in [2.45, 2.75) is 50.5 Å². The summed E-state index contributed by atoms with van der Waals surface area (Å²) in [7, 11) is 1.66. The van der Waals surface area contributed by atoms with Crippen LogP contribution in [0.5, 0.6) is 11.5 Å². The van der Waals surface area contributed by atoms with E-state index in [0.717, 1.165) is 46.3 Å². The van der Waals surface area contributed by atoms with E-state index in [1.165, 1.54) is 38.5 Å². The van der Waals surface area contributed by atoms with Crippen molar-refractivity contribution in [2.75, 3.05) is 7.11 Å². The normalized spacial score (nSPS) is 28.6. The number of nitrogens with zero attached hydrogens (tertiary/aromatic N) is 2. The number of benzene rings is 2. The Morgan fingerprint density at radius 2 is 1.58 bits per heavy atom. The number of ether oxygens (including phenoxy) is 2. The molecule has 4 aliphatic carbocycles. The number of methoxy groups -OCH3 is 1. The number of aromatic nitrogens is 2. The molecule has 0 atom stereocenters. The second-order valence-corrected chi connectivity index (χ2v) is 9.77. The van der Waals surface area contributed by atoms with E-state index >= 15 is 0 Å². The molecule has 4 saturated carbocycles. The molecule has 5 nitrogen and oxygen atoms in total. The first-order chi connectivity index (χ1) is 15.2. The van der Waals surface area contributed by atoms with E-state index < -0.39 is 0 Å². The Kier molecular flexibility index (Phi) is 4.51. The van der Waals surface area contributed by atoms with Crippen molar-refractivity contribution >= 4 is 0 Å². The second kappa shape index (κ2) is 7.40. The van der Waals surface area contributed by atoms with Crippen LogP contribution >= 0.6 is 0 Å².